The van der Waals surface area contributed by atoms with Crippen LogP contribution in [0, 0.1) is 0 Å². The van der Waals surface area contributed by atoms with E-state index in [-0.39, 0.29) is 0 Å². The van der Waals surface area contributed by atoms with Gasteiger partial charge in [0.25, 0.3) is 0 Å². The quantitative estimate of drug-likeness (QED) is 0.639. The van der Waals surface area contributed by atoms with Gasteiger partial charge < -0.3 is 8.97 Å². The highest BCUT2D eigenvalue weighted by Gasteiger charge is 2.11. The molecule has 2 heteroatoms. The van der Waals surface area contributed by atoms with Crippen LogP contribution in [0.15, 0.2) is 0 Å². The summed E-state index contributed by atoms with van der Waals surface area (Å²) in [7, 11) is 13.5. The lowest BCUT2D eigenvalue weighted by atomic mass is 10.3. The van der Waals surface area contributed by atoms with E-state index in [9.17, 15) is 0 Å². The second-order valence-corrected chi connectivity index (χ2v) is 5.38. The minimum atomic E-state index is 1.08. The van der Waals surface area contributed by atoms with Crippen LogP contribution in [0.4, 0.5) is 0 Å². The summed E-state index contributed by atoms with van der Waals surface area (Å²) in [5.74, 6) is 0. The summed E-state index contributed by atoms with van der Waals surface area (Å²) < 4.78 is 2.17. The van der Waals surface area contributed by atoms with E-state index in [0.29, 0.717) is 0 Å². The Balaban J connectivity index is -0.000000318. The molecular weight excluding hydrogens is 184 g/mol. The lowest BCUT2D eigenvalue weighted by molar-refractivity contribution is -0.890. The van der Waals surface area contributed by atoms with Crippen molar-refractivity contribution in [1.82, 2.24) is 0 Å². The lowest BCUT2D eigenvalue weighted by Gasteiger charge is -2.28. The van der Waals surface area contributed by atoms with E-state index in [4.69, 9.17) is 0 Å². The predicted molar refractivity (Wildman–Crippen MR) is 73.1 cm³/mol. The highest BCUT2D eigenvalue weighted by Crippen LogP contribution is 1.98. The Kier molecular flexibility index (Phi) is 14.2. The van der Waals surface area contributed by atoms with E-state index >= 15 is 0 Å². The minimum Gasteiger partial charge on any atom is -0.331 e. The maximum Gasteiger partial charge on any atom is 0.0834 e. The van der Waals surface area contributed by atoms with E-state index in [1.807, 2.05) is 27.7 Å². The van der Waals surface area contributed by atoms with Crippen LogP contribution in [-0.4, -0.2) is 64.3 Å². The van der Waals surface area contributed by atoms with Gasteiger partial charge in [0, 0.05) is 6.42 Å². The molecule has 0 rings (SSSR count). The van der Waals surface area contributed by atoms with Crippen molar-refractivity contribution in [2.75, 3.05) is 55.4 Å². The van der Waals surface area contributed by atoms with E-state index in [0.717, 1.165) is 8.97 Å². The standard InChI is InChI=1S/C9H24N2.2C2H6/c1-10(2,3)8-7-9-11(4,5)6;2*1-2/h7-9H2,1-6H3;2*1-2H3/q+2;;. The Morgan fingerprint density at radius 2 is 0.733 bits per heavy atom. The molecule has 0 radical (unpaired) electrons. The van der Waals surface area contributed by atoms with Gasteiger partial charge in [0.15, 0.2) is 0 Å². The number of hydrogen-bond donors (Lipinski definition) is 0. The summed E-state index contributed by atoms with van der Waals surface area (Å²) in [6.07, 6.45) is 1.31. The molecular formula is C13H36N2+2. The van der Waals surface area contributed by atoms with Crippen LogP contribution in [0.1, 0.15) is 34.1 Å². The molecule has 0 saturated carbocycles. The molecule has 0 aromatic carbocycles. The molecule has 0 atom stereocenters. The van der Waals surface area contributed by atoms with E-state index in [1.165, 1.54) is 19.5 Å². The molecule has 0 bridgehead atoms. The maximum atomic E-state index is 2.25. The predicted octanol–water partition coefficient (Wildman–Crippen LogP) is 2.84. The van der Waals surface area contributed by atoms with Crippen LogP contribution in [0.3, 0.4) is 0 Å². The molecule has 0 aliphatic heterocycles. The van der Waals surface area contributed by atoms with E-state index in [2.05, 4.69) is 42.3 Å². The normalized spacial score (nSPS) is 10.8. The molecule has 0 aliphatic rings. The molecule has 0 unspecified atom stereocenters. The molecule has 0 saturated heterocycles. The largest absolute Gasteiger partial charge is 0.331 e. The van der Waals surface area contributed by atoms with Gasteiger partial charge in [-0.1, -0.05) is 27.7 Å². The first-order valence-electron chi connectivity index (χ1n) is 6.32. The molecule has 0 aromatic rings. The lowest BCUT2D eigenvalue weighted by Crippen LogP contribution is -2.40. The zero-order chi connectivity index (χ0) is 13.1. The zero-order valence-electron chi connectivity index (χ0n) is 13.0. The van der Waals surface area contributed by atoms with Gasteiger partial charge in [0.05, 0.1) is 55.4 Å². The van der Waals surface area contributed by atoms with Gasteiger partial charge in [-0.25, -0.2) is 0 Å². The smallest absolute Gasteiger partial charge is 0.0834 e. The average Bonchev–Trinajstić information content (AvgIpc) is 2.07. The highest BCUT2D eigenvalue weighted by molar-refractivity contribution is 4.33. The summed E-state index contributed by atoms with van der Waals surface area (Å²) in [6, 6.07) is 0. The van der Waals surface area contributed by atoms with Crippen LogP contribution in [0.25, 0.3) is 0 Å². The molecule has 0 aromatic heterocycles. The Bertz CT molecular complexity index is 92.7. The number of quaternary nitrogens is 2. The zero-order valence-corrected chi connectivity index (χ0v) is 13.0. The highest BCUT2D eigenvalue weighted by atomic mass is 15.3. The van der Waals surface area contributed by atoms with Crippen LogP contribution >= 0.6 is 0 Å². The summed E-state index contributed by atoms with van der Waals surface area (Å²) in [4.78, 5) is 0. The van der Waals surface area contributed by atoms with Gasteiger partial charge in [-0.3, -0.25) is 0 Å². The average molecular weight is 220 g/mol. The van der Waals surface area contributed by atoms with Gasteiger partial charge in [-0.05, 0) is 0 Å². The summed E-state index contributed by atoms with van der Waals surface area (Å²) in [6.45, 7) is 10.5. The second-order valence-electron chi connectivity index (χ2n) is 5.38. The first kappa shape index (κ1) is 20.3. The Morgan fingerprint density at radius 1 is 0.533 bits per heavy atom. The second kappa shape index (κ2) is 10.4. The van der Waals surface area contributed by atoms with Crippen LogP contribution in [0.2, 0.25) is 0 Å². The SMILES string of the molecule is CC.CC.C[N+](C)(C)CCC[N+](C)(C)C. The van der Waals surface area contributed by atoms with Gasteiger partial charge >= 0.3 is 0 Å². The van der Waals surface area contributed by atoms with Crippen molar-refractivity contribution in [2.45, 2.75) is 34.1 Å². The molecule has 0 fully saturated rings. The van der Waals surface area contributed by atoms with Gasteiger partial charge in [0.2, 0.25) is 0 Å². The van der Waals surface area contributed by atoms with Crippen LogP contribution < -0.4 is 0 Å². The third-order valence-electron chi connectivity index (χ3n) is 1.66. The fraction of sp³-hybridized carbons (Fsp3) is 1.00. The summed E-state index contributed by atoms with van der Waals surface area (Å²) in [5, 5.41) is 0. The van der Waals surface area contributed by atoms with Crippen LogP contribution in [-0.2, 0) is 0 Å². The minimum absolute atomic E-state index is 1.08. The molecule has 0 N–H and O–H groups in total. The van der Waals surface area contributed by atoms with Gasteiger partial charge in [0.1, 0.15) is 0 Å². The van der Waals surface area contributed by atoms with Crippen molar-refractivity contribution in [1.29, 1.82) is 0 Å². The molecule has 0 heterocycles. The third-order valence-corrected chi connectivity index (χ3v) is 1.66. The first-order valence-corrected chi connectivity index (χ1v) is 6.32. The fourth-order valence-corrected chi connectivity index (χ4v) is 1.02. The topological polar surface area (TPSA) is 0 Å². The Labute approximate surface area is 99.1 Å². The summed E-state index contributed by atoms with van der Waals surface area (Å²) in [5.41, 5.74) is 0. The van der Waals surface area contributed by atoms with Crippen molar-refractivity contribution in [3.05, 3.63) is 0 Å². The molecule has 96 valence electrons. The van der Waals surface area contributed by atoms with Crippen molar-refractivity contribution in [2.24, 2.45) is 0 Å². The maximum absolute atomic E-state index is 2.25. The molecule has 2 nitrogen and oxygen atoms in total. The van der Waals surface area contributed by atoms with E-state index in [1.54, 1.807) is 0 Å². The molecule has 0 spiro atoms. The van der Waals surface area contributed by atoms with Crippen molar-refractivity contribution < 1.29 is 8.97 Å². The molecule has 0 amide bonds. The number of nitrogens with zero attached hydrogens (tertiary/aromatic N) is 2. The fourth-order valence-electron chi connectivity index (χ4n) is 1.02. The Morgan fingerprint density at radius 3 is 0.867 bits per heavy atom. The van der Waals surface area contributed by atoms with Crippen molar-refractivity contribution in [3.8, 4) is 0 Å². The number of rotatable bonds is 4. The van der Waals surface area contributed by atoms with Gasteiger partial charge in [-0.2, -0.15) is 0 Å². The van der Waals surface area contributed by atoms with Crippen molar-refractivity contribution in [3.63, 3.8) is 0 Å². The molecule has 15 heavy (non-hydrogen) atoms. The first-order chi connectivity index (χ1) is 6.71. The monoisotopic (exact) mass is 220 g/mol. The van der Waals surface area contributed by atoms with Crippen molar-refractivity contribution >= 4 is 0 Å². The number of hydrogen-bond acceptors (Lipinski definition) is 0. The van der Waals surface area contributed by atoms with Gasteiger partial charge in [-0.15, -0.1) is 0 Å². The summed E-state index contributed by atoms with van der Waals surface area (Å²) >= 11 is 0. The van der Waals surface area contributed by atoms with E-state index < -0.39 is 0 Å². The third kappa shape index (κ3) is 31.5. The molecule has 0 aliphatic carbocycles. The Hall–Kier alpha value is -0.0800. The van der Waals surface area contributed by atoms with Crippen LogP contribution in [0.5, 0.6) is 0 Å².